The van der Waals surface area contributed by atoms with Crippen LogP contribution in [-0.2, 0) is 4.79 Å². The van der Waals surface area contributed by atoms with Gasteiger partial charge in [-0.25, -0.2) is 0 Å². The van der Waals surface area contributed by atoms with Gasteiger partial charge in [0.2, 0.25) is 0 Å². The van der Waals surface area contributed by atoms with Gasteiger partial charge in [0.15, 0.2) is 0 Å². The molecule has 0 bridgehead atoms. The minimum absolute atomic E-state index is 0.0893. The summed E-state index contributed by atoms with van der Waals surface area (Å²) in [5.41, 5.74) is 8.45. The summed E-state index contributed by atoms with van der Waals surface area (Å²) in [6, 6.07) is 17.4. The van der Waals surface area contributed by atoms with Crippen LogP contribution in [0.15, 0.2) is 70.7 Å². The number of nitrogens with zero attached hydrogens (tertiary/aromatic N) is 1. The van der Waals surface area contributed by atoms with Crippen molar-refractivity contribution in [3.63, 3.8) is 0 Å². The molecular weight excluding hydrogens is 430 g/mol. The third-order valence-electron chi connectivity index (χ3n) is 6.41. The van der Waals surface area contributed by atoms with Gasteiger partial charge in [-0.2, -0.15) is 0 Å². The summed E-state index contributed by atoms with van der Waals surface area (Å²) in [7, 11) is 1.70. The first-order chi connectivity index (χ1) is 16.7. The van der Waals surface area contributed by atoms with Gasteiger partial charge in [0.1, 0.15) is 0 Å². The number of amides is 1. The predicted octanol–water partition coefficient (Wildman–Crippen LogP) is 6.42. The first kappa shape index (κ1) is 26.6. The maximum absolute atomic E-state index is 12.9. The van der Waals surface area contributed by atoms with Gasteiger partial charge in [-0.1, -0.05) is 86.5 Å². The second kappa shape index (κ2) is 12.1. The van der Waals surface area contributed by atoms with Gasteiger partial charge in [-0.15, -0.1) is 0 Å². The lowest BCUT2D eigenvalue weighted by Gasteiger charge is -2.22. The van der Waals surface area contributed by atoms with Crippen LogP contribution in [0.3, 0.4) is 0 Å². The molecule has 35 heavy (non-hydrogen) atoms. The van der Waals surface area contributed by atoms with Gasteiger partial charge in [-0.3, -0.25) is 9.79 Å². The Morgan fingerprint density at radius 1 is 1.03 bits per heavy atom. The van der Waals surface area contributed by atoms with Gasteiger partial charge in [0.25, 0.3) is 5.91 Å². The van der Waals surface area contributed by atoms with Crippen LogP contribution < -0.4 is 10.6 Å². The lowest BCUT2D eigenvalue weighted by atomic mass is 9.88. The predicted molar refractivity (Wildman–Crippen MR) is 149 cm³/mol. The second-order valence-corrected chi connectivity index (χ2v) is 10.7. The van der Waals surface area contributed by atoms with Crippen molar-refractivity contribution in [1.82, 2.24) is 10.6 Å². The molecule has 2 N–H and O–H groups in total. The molecule has 3 rings (SSSR count). The van der Waals surface area contributed by atoms with Crippen molar-refractivity contribution < 1.29 is 4.79 Å². The van der Waals surface area contributed by atoms with Crippen LogP contribution in [0.1, 0.15) is 75.3 Å². The van der Waals surface area contributed by atoms with Gasteiger partial charge < -0.3 is 10.6 Å². The molecule has 1 saturated heterocycles. The molecule has 4 nitrogen and oxygen atoms in total. The summed E-state index contributed by atoms with van der Waals surface area (Å²) in [5, 5.41) is 6.62. The molecule has 0 aromatic heterocycles. The fraction of sp³-hybridized carbons (Fsp3) is 0.419. The summed E-state index contributed by atoms with van der Waals surface area (Å²) >= 11 is 0. The maximum Gasteiger partial charge on any atom is 0.252 e. The van der Waals surface area contributed by atoms with Crippen LogP contribution in [-0.4, -0.2) is 32.3 Å². The van der Waals surface area contributed by atoms with E-state index in [4.69, 9.17) is 0 Å². The molecule has 2 aromatic carbocycles. The second-order valence-electron chi connectivity index (χ2n) is 10.7. The molecule has 0 aliphatic carbocycles. The van der Waals surface area contributed by atoms with Crippen molar-refractivity contribution in [3.05, 3.63) is 88.0 Å². The Kier molecular flexibility index (Phi) is 9.22. The molecule has 186 valence electrons. The first-order valence-corrected chi connectivity index (χ1v) is 12.7. The normalized spacial score (nSPS) is 15.8. The van der Waals surface area contributed by atoms with Crippen LogP contribution >= 0.6 is 0 Å². The highest BCUT2D eigenvalue weighted by Crippen LogP contribution is 2.32. The van der Waals surface area contributed by atoms with Gasteiger partial charge in [0, 0.05) is 13.3 Å². The summed E-state index contributed by atoms with van der Waals surface area (Å²) in [5.74, 6) is -0.0893. The van der Waals surface area contributed by atoms with E-state index in [-0.39, 0.29) is 17.4 Å². The van der Waals surface area contributed by atoms with E-state index < -0.39 is 0 Å². The molecule has 0 spiro atoms. The molecule has 0 saturated carbocycles. The lowest BCUT2D eigenvalue weighted by molar-refractivity contribution is -0.117. The highest BCUT2D eigenvalue weighted by Gasteiger charge is 2.17. The summed E-state index contributed by atoms with van der Waals surface area (Å²) in [6.45, 7) is 12.7. The minimum atomic E-state index is -0.103. The quantitative estimate of drug-likeness (QED) is 0.362. The molecule has 1 heterocycles. The number of hydrogen-bond donors (Lipinski definition) is 2. The number of aryl methyl sites for hydroxylation is 1. The standard InChI is InChI=1S/C31H41N3O/c1-22-7-9-25(10-8-22)29(27-16-19-33-20-17-27)26-13-11-24(12-14-26)23(2)34-30(35)28(21-32-6)15-18-31(3,4)5/h7-15,21,23,33H,16-20H2,1-6H3,(H,34,35)/b28-15+,32-21?/t23-/m1/s1. The summed E-state index contributed by atoms with van der Waals surface area (Å²) < 4.78 is 0. The van der Waals surface area contributed by atoms with E-state index in [2.05, 4.69) is 91.9 Å². The maximum atomic E-state index is 12.9. The van der Waals surface area contributed by atoms with Crippen molar-refractivity contribution >= 4 is 17.7 Å². The number of rotatable bonds is 7. The zero-order valence-electron chi connectivity index (χ0n) is 22.2. The van der Waals surface area contributed by atoms with E-state index in [1.807, 2.05) is 13.0 Å². The van der Waals surface area contributed by atoms with E-state index in [9.17, 15) is 4.79 Å². The van der Waals surface area contributed by atoms with Crippen LogP contribution in [0.2, 0.25) is 0 Å². The highest BCUT2D eigenvalue weighted by atomic mass is 16.1. The number of hydrogen-bond acceptors (Lipinski definition) is 3. The molecule has 0 radical (unpaired) electrons. The van der Waals surface area contributed by atoms with E-state index in [1.54, 1.807) is 13.3 Å². The number of aliphatic imine (C=N–C) groups is 1. The molecule has 4 heteroatoms. The number of benzene rings is 2. The van der Waals surface area contributed by atoms with Crippen molar-refractivity contribution in [1.29, 1.82) is 0 Å². The Balaban J connectivity index is 1.82. The topological polar surface area (TPSA) is 53.5 Å². The molecule has 1 amide bonds. The SMILES string of the molecule is CN=C/C(=C\CC(C)(C)C)C(=O)N[C@H](C)c1ccc(C(=C2CCNCC2)c2ccc(C)cc2)cc1. The average Bonchev–Trinajstić information content (AvgIpc) is 2.83. The lowest BCUT2D eigenvalue weighted by Crippen LogP contribution is -2.28. The Hall–Kier alpha value is -2.98. The first-order valence-electron chi connectivity index (χ1n) is 12.7. The molecule has 0 unspecified atom stereocenters. The van der Waals surface area contributed by atoms with E-state index in [0.717, 1.165) is 37.9 Å². The Morgan fingerprint density at radius 3 is 2.14 bits per heavy atom. The molecular formula is C31H41N3O. The van der Waals surface area contributed by atoms with Crippen LogP contribution in [0.5, 0.6) is 0 Å². The largest absolute Gasteiger partial charge is 0.345 e. The fourth-order valence-corrected chi connectivity index (χ4v) is 4.33. The summed E-state index contributed by atoms with van der Waals surface area (Å²) in [4.78, 5) is 17.0. The number of carbonyl (C=O) groups is 1. The third-order valence-corrected chi connectivity index (χ3v) is 6.41. The molecule has 1 fully saturated rings. The van der Waals surface area contributed by atoms with Crippen molar-refractivity contribution in [2.45, 2.75) is 59.9 Å². The molecule has 1 atom stereocenters. The third kappa shape index (κ3) is 7.76. The van der Waals surface area contributed by atoms with E-state index in [0.29, 0.717) is 5.57 Å². The highest BCUT2D eigenvalue weighted by molar-refractivity contribution is 6.12. The van der Waals surface area contributed by atoms with Gasteiger partial charge in [0.05, 0.1) is 11.6 Å². The van der Waals surface area contributed by atoms with Crippen LogP contribution in [0, 0.1) is 12.3 Å². The zero-order valence-corrected chi connectivity index (χ0v) is 22.2. The fourth-order valence-electron chi connectivity index (χ4n) is 4.33. The van der Waals surface area contributed by atoms with E-state index >= 15 is 0 Å². The monoisotopic (exact) mass is 471 g/mol. The number of allylic oxidation sites excluding steroid dienone is 1. The number of piperidine rings is 1. The van der Waals surface area contributed by atoms with Crippen LogP contribution in [0.25, 0.3) is 5.57 Å². The molecule has 2 aromatic rings. The van der Waals surface area contributed by atoms with Crippen molar-refractivity contribution in [2.24, 2.45) is 10.4 Å². The average molecular weight is 472 g/mol. The van der Waals surface area contributed by atoms with Crippen molar-refractivity contribution in [2.75, 3.05) is 20.1 Å². The van der Waals surface area contributed by atoms with Gasteiger partial charge >= 0.3 is 0 Å². The Morgan fingerprint density at radius 2 is 1.60 bits per heavy atom. The Labute approximate surface area is 211 Å². The smallest absolute Gasteiger partial charge is 0.252 e. The minimum Gasteiger partial charge on any atom is -0.345 e. The number of carbonyl (C=O) groups excluding carboxylic acids is 1. The molecule has 1 aliphatic heterocycles. The zero-order chi connectivity index (χ0) is 25.4. The van der Waals surface area contributed by atoms with Crippen LogP contribution in [0.4, 0.5) is 0 Å². The van der Waals surface area contributed by atoms with E-state index in [1.165, 1.54) is 27.8 Å². The van der Waals surface area contributed by atoms with Crippen molar-refractivity contribution in [3.8, 4) is 0 Å². The summed E-state index contributed by atoms with van der Waals surface area (Å²) in [6.07, 6.45) is 6.59. The Bertz CT molecular complexity index is 1080. The molecule has 1 aliphatic rings. The van der Waals surface area contributed by atoms with Gasteiger partial charge in [-0.05, 0) is 73.9 Å². The number of nitrogens with one attached hydrogen (secondary N) is 2.